The first kappa shape index (κ1) is 15.6. The van der Waals surface area contributed by atoms with Gasteiger partial charge in [0.15, 0.2) is 0 Å². The van der Waals surface area contributed by atoms with Gasteiger partial charge in [0.25, 0.3) is 0 Å². The van der Waals surface area contributed by atoms with Crippen LogP contribution in [0.5, 0.6) is 0 Å². The first-order chi connectivity index (χ1) is 8.51. The Hall–Kier alpha value is -0.430. The van der Waals surface area contributed by atoms with Gasteiger partial charge in [0.1, 0.15) is 0 Å². The number of nitrogens with two attached hydrogens (primary N) is 1. The summed E-state index contributed by atoms with van der Waals surface area (Å²) in [5.74, 6) is 0. The monoisotopic (exact) mass is 290 g/mol. The Morgan fingerprint density at radius 2 is 2.17 bits per heavy atom. The average Bonchev–Trinajstić information content (AvgIpc) is 2.77. The molecular weight excluding hydrogens is 268 g/mol. The van der Waals surface area contributed by atoms with Gasteiger partial charge in [-0.1, -0.05) is 26.2 Å². The van der Waals surface area contributed by atoms with Crippen LogP contribution in [-0.4, -0.2) is 14.5 Å². The number of sulfonamides is 1. The molecule has 1 unspecified atom stereocenters. The van der Waals surface area contributed by atoms with E-state index in [2.05, 4.69) is 11.6 Å². The Morgan fingerprint density at radius 1 is 1.44 bits per heavy atom. The molecule has 0 radical (unpaired) electrons. The molecule has 0 saturated carbocycles. The zero-order valence-corrected chi connectivity index (χ0v) is 12.6. The fourth-order valence-corrected chi connectivity index (χ4v) is 4.42. The molecule has 3 N–H and O–H groups in total. The van der Waals surface area contributed by atoms with Crippen molar-refractivity contribution in [1.29, 1.82) is 0 Å². The van der Waals surface area contributed by atoms with E-state index in [0.717, 1.165) is 25.7 Å². The van der Waals surface area contributed by atoms with E-state index in [1.165, 1.54) is 11.3 Å². The lowest BCUT2D eigenvalue weighted by Gasteiger charge is -2.14. The largest absolute Gasteiger partial charge is 0.326 e. The maximum absolute atomic E-state index is 12.2. The fourth-order valence-electron chi connectivity index (χ4n) is 1.80. The highest BCUT2D eigenvalue weighted by molar-refractivity contribution is 7.89. The van der Waals surface area contributed by atoms with E-state index in [4.69, 9.17) is 5.73 Å². The highest BCUT2D eigenvalue weighted by Crippen LogP contribution is 2.21. The summed E-state index contributed by atoms with van der Waals surface area (Å²) in [5.41, 5.74) is 5.54. The maximum Gasteiger partial charge on any atom is 0.241 e. The smallest absolute Gasteiger partial charge is 0.241 e. The molecule has 0 saturated heterocycles. The van der Waals surface area contributed by atoms with Gasteiger partial charge in [-0.3, -0.25) is 0 Å². The molecule has 104 valence electrons. The van der Waals surface area contributed by atoms with Gasteiger partial charge < -0.3 is 5.73 Å². The number of unbranched alkanes of at least 4 members (excludes halogenated alkanes) is 2. The third-order valence-electron chi connectivity index (χ3n) is 2.78. The maximum atomic E-state index is 12.2. The highest BCUT2D eigenvalue weighted by Gasteiger charge is 2.20. The summed E-state index contributed by atoms with van der Waals surface area (Å²) in [4.78, 5) is 1.04. The quantitative estimate of drug-likeness (QED) is 0.722. The summed E-state index contributed by atoms with van der Waals surface area (Å²) in [6.07, 6.45) is 4.20. The zero-order chi connectivity index (χ0) is 13.6. The third kappa shape index (κ3) is 4.35. The third-order valence-corrected chi connectivity index (χ3v) is 5.52. The minimum absolute atomic E-state index is 0.0351. The predicted molar refractivity (Wildman–Crippen MR) is 76.1 cm³/mol. The summed E-state index contributed by atoms with van der Waals surface area (Å²) in [6.45, 7) is 4.30. The molecule has 1 aromatic heterocycles. The number of hydrogen-bond acceptors (Lipinski definition) is 4. The van der Waals surface area contributed by atoms with Crippen molar-refractivity contribution in [1.82, 2.24) is 4.72 Å². The van der Waals surface area contributed by atoms with E-state index in [1.807, 2.05) is 6.92 Å². The van der Waals surface area contributed by atoms with Gasteiger partial charge in [-0.25, -0.2) is 13.1 Å². The van der Waals surface area contributed by atoms with Gasteiger partial charge in [0.2, 0.25) is 10.0 Å². The van der Waals surface area contributed by atoms with Crippen molar-refractivity contribution in [2.75, 3.05) is 0 Å². The predicted octanol–water partition coefficient (Wildman–Crippen LogP) is 2.45. The van der Waals surface area contributed by atoms with Gasteiger partial charge in [-0.15, -0.1) is 11.3 Å². The molecule has 0 fully saturated rings. The first-order valence-electron chi connectivity index (χ1n) is 6.30. The van der Waals surface area contributed by atoms with Crippen LogP contribution in [0, 0.1) is 0 Å². The molecule has 0 aliphatic heterocycles. The van der Waals surface area contributed by atoms with Crippen molar-refractivity contribution in [3.05, 3.63) is 16.3 Å². The normalized spacial score (nSPS) is 13.7. The Morgan fingerprint density at radius 3 is 2.78 bits per heavy atom. The summed E-state index contributed by atoms with van der Waals surface area (Å²) >= 11 is 1.38. The molecule has 0 bridgehead atoms. The van der Waals surface area contributed by atoms with Gasteiger partial charge in [-0.2, -0.15) is 0 Å². The van der Waals surface area contributed by atoms with Crippen molar-refractivity contribution in [3.8, 4) is 0 Å². The molecule has 1 rings (SSSR count). The molecule has 0 spiro atoms. The van der Waals surface area contributed by atoms with E-state index in [0.29, 0.717) is 9.77 Å². The molecule has 6 heteroatoms. The van der Waals surface area contributed by atoms with Crippen LogP contribution >= 0.6 is 11.3 Å². The van der Waals surface area contributed by atoms with Crippen LogP contribution in [0.15, 0.2) is 16.3 Å². The molecule has 1 aromatic rings. The van der Waals surface area contributed by atoms with Crippen molar-refractivity contribution in [2.24, 2.45) is 5.73 Å². The lowest BCUT2D eigenvalue weighted by Crippen LogP contribution is -2.32. The van der Waals surface area contributed by atoms with Crippen LogP contribution in [0.4, 0.5) is 0 Å². The first-order valence-corrected chi connectivity index (χ1v) is 8.66. The minimum atomic E-state index is -3.42. The van der Waals surface area contributed by atoms with Crippen LogP contribution in [0.25, 0.3) is 0 Å². The second kappa shape index (κ2) is 7.23. The lowest BCUT2D eigenvalue weighted by atomic mass is 10.1. The summed E-state index contributed by atoms with van der Waals surface area (Å²) in [6, 6.07) is 1.58. The molecule has 4 nitrogen and oxygen atoms in total. The van der Waals surface area contributed by atoms with Crippen LogP contribution in [0.1, 0.15) is 44.4 Å². The van der Waals surface area contributed by atoms with E-state index >= 15 is 0 Å². The molecule has 0 amide bonds. The SMILES string of the molecule is CCCCCC(C)NS(=O)(=O)c1ccsc1CN. The van der Waals surface area contributed by atoms with Crippen molar-refractivity contribution >= 4 is 21.4 Å². The zero-order valence-electron chi connectivity index (χ0n) is 11.0. The average molecular weight is 290 g/mol. The van der Waals surface area contributed by atoms with Crippen LogP contribution < -0.4 is 10.5 Å². The Bertz CT molecular complexity index is 454. The van der Waals surface area contributed by atoms with E-state index in [1.54, 1.807) is 11.4 Å². The van der Waals surface area contributed by atoms with Crippen LogP contribution in [0.2, 0.25) is 0 Å². The lowest BCUT2D eigenvalue weighted by molar-refractivity contribution is 0.527. The molecule has 0 aromatic carbocycles. The number of rotatable bonds is 8. The molecule has 1 atom stereocenters. The summed E-state index contributed by atoms with van der Waals surface area (Å²) in [5, 5.41) is 1.76. The van der Waals surface area contributed by atoms with Crippen molar-refractivity contribution < 1.29 is 8.42 Å². The molecule has 18 heavy (non-hydrogen) atoms. The summed E-state index contributed by atoms with van der Waals surface area (Å²) < 4.78 is 27.0. The van der Waals surface area contributed by atoms with E-state index < -0.39 is 10.0 Å². The summed E-state index contributed by atoms with van der Waals surface area (Å²) in [7, 11) is -3.42. The topological polar surface area (TPSA) is 72.2 Å². The molecule has 0 aliphatic rings. The standard InChI is InChI=1S/C12H22N2O2S2/c1-3-4-5-6-10(2)14-18(15,16)12-7-8-17-11(12)9-13/h7-8,10,14H,3-6,9,13H2,1-2H3. The van der Waals surface area contributed by atoms with Crippen molar-refractivity contribution in [2.45, 2.75) is 57.0 Å². The number of hydrogen-bond donors (Lipinski definition) is 2. The van der Waals surface area contributed by atoms with Crippen LogP contribution in [0.3, 0.4) is 0 Å². The Labute approximate surface area is 114 Å². The Kier molecular flexibility index (Phi) is 6.28. The molecular formula is C12H22N2O2S2. The molecule has 1 heterocycles. The van der Waals surface area contributed by atoms with Gasteiger partial charge in [-0.05, 0) is 24.8 Å². The number of nitrogens with one attached hydrogen (secondary N) is 1. The fraction of sp³-hybridized carbons (Fsp3) is 0.667. The molecule has 0 aliphatic carbocycles. The van der Waals surface area contributed by atoms with Gasteiger partial charge in [0, 0.05) is 17.5 Å². The second-order valence-corrected chi connectivity index (χ2v) is 7.11. The van der Waals surface area contributed by atoms with Crippen molar-refractivity contribution in [3.63, 3.8) is 0 Å². The second-order valence-electron chi connectivity index (χ2n) is 4.43. The van der Waals surface area contributed by atoms with Gasteiger partial charge >= 0.3 is 0 Å². The van der Waals surface area contributed by atoms with Gasteiger partial charge in [0.05, 0.1) is 4.90 Å². The van der Waals surface area contributed by atoms with E-state index in [-0.39, 0.29) is 12.6 Å². The minimum Gasteiger partial charge on any atom is -0.326 e. The van der Waals surface area contributed by atoms with Crippen LogP contribution in [-0.2, 0) is 16.6 Å². The van der Waals surface area contributed by atoms with E-state index in [9.17, 15) is 8.42 Å². The Balaban J connectivity index is 2.65. The number of thiophene rings is 1. The highest BCUT2D eigenvalue weighted by atomic mass is 32.2.